The summed E-state index contributed by atoms with van der Waals surface area (Å²) < 4.78 is 9.12. The van der Waals surface area contributed by atoms with Gasteiger partial charge < -0.3 is 4.42 Å². The van der Waals surface area contributed by atoms with Gasteiger partial charge in [-0.05, 0) is 80.7 Å². The van der Waals surface area contributed by atoms with E-state index in [2.05, 4.69) is 158 Å². The van der Waals surface area contributed by atoms with E-state index in [4.69, 9.17) is 24.4 Å². The van der Waals surface area contributed by atoms with E-state index >= 15 is 0 Å². The van der Waals surface area contributed by atoms with Gasteiger partial charge in [0.2, 0.25) is 5.89 Å². The number of aromatic nitrogens is 4. The maximum Gasteiger partial charge on any atom is 0.227 e. The molecule has 12 rings (SSSR count). The zero-order valence-electron chi connectivity index (χ0n) is 32.1. The zero-order chi connectivity index (χ0) is 39.6. The highest BCUT2D eigenvalue weighted by molar-refractivity contribution is 7.26. The van der Waals surface area contributed by atoms with Gasteiger partial charge in [0.1, 0.15) is 5.52 Å². The number of fused-ring (bicyclic) bond motifs is 6. The summed E-state index contributed by atoms with van der Waals surface area (Å²) in [5.41, 5.74) is 9.52. The molecular weight excluding hydrogens is 753 g/mol. The Morgan fingerprint density at radius 1 is 0.367 bits per heavy atom. The Labute approximate surface area is 348 Å². The van der Waals surface area contributed by atoms with Crippen molar-refractivity contribution in [1.29, 1.82) is 0 Å². The lowest BCUT2D eigenvalue weighted by molar-refractivity contribution is 0.620. The highest BCUT2D eigenvalue weighted by atomic mass is 32.1. The highest BCUT2D eigenvalue weighted by Crippen LogP contribution is 2.47. The quantitative estimate of drug-likeness (QED) is 0.168. The smallest absolute Gasteiger partial charge is 0.227 e. The Kier molecular flexibility index (Phi) is 7.96. The monoisotopic (exact) mass is 784 g/mol. The maximum atomic E-state index is 6.75. The van der Waals surface area contributed by atoms with Crippen LogP contribution in [0.4, 0.5) is 0 Å². The lowest BCUT2D eigenvalue weighted by Gasteiger charge is -2.13. The predicted molar refractivity (Wildman–Crippen MR) is 248 cm³/mol. The van der Waals surface area contributed by atoms with Crippen molar-refractivity contribution in [2.75, 3.05) is 0 Å². The van der Waals surface area contributed by atoms with Crippen LogP contribution >= 0.6 is 11.3 Å². The molecule has 0 unspecified atom stereocenters. The number of hydrogen-bond acceptors (Lipinski definition) is 6. The van der Waals surface area contributed by atoms with Crippen LogP contribution in [0.3, 0.4) is 0 Å². The molecule has 0 saturated carbocycles. The molecule has 0 radical (unpaired) electrons. The van der Waals surface area contributed by atoms with Crippen LogP contribution in [-0.4, -0.2) is 19.9 Å². The van der Waals surface area contributed by atoms with E-state index in [-0.39, 0.29) is 0 Å². The molecule has 0 fully saturated rings. The van der Waals surface area contributed by atoms with Crippen LogP contribution in [0.1, 0.15) is 0 Å². The molecule has 3 aromatic heterocycles. The maximum absolute atomic E-state index is 6.75. The van der Waals surface area contributed by atoms with Gasteiger partial charge in [0.05, 0.1) is 0 Å². The summed E-state index contributed by atoms with van der Waals surface area (Å²) >= 11 is 1.79. The minimum absolute atomic E-state index is 0.590. The van der Waals surface area contributed by atoms with Crippen molar-refractivity contribution >= 4 is 64.2 Å². The van der Waals surface area contributed by atoms with Crippen LogP contribution in [0.15, 0.2) is 199 Å². The topological polar surface area (TPSA) is 64.7 Å². The minimum atomic E-state index is 0.590. The number of rotatable bonds is 6. The Morgan fingerprint density at radius 2 is 0.983 bits per heavy atom. The zero-order valence-corrected chi connectivity index (χ0v) is 32.9. The minimum Gasteiger partial charge on any atom is -0.436 e. The van der Waals surface area contributed by atoms with E-state index in [9.17, 15) is 0 Å². The molecule has 0 saturated heterocycles. The van der Waals surface area contributed by atoms with Crippen LogP contribution < -0.4 is 0 Å². The van der Waals surface area contributed by atoms with Crippen LogP contribution in [0.2, 0.25) is 0 Å². The number of benzene rings is 9. The lowest BCUT2D eigenvalue weighted by Crippen LogP contribution is -2.00. The Morgan fingerprint density at radius 3 is 1.80 bits per heavy atom. The molecule has 0 aliphatic carbocycles. The second kappa shape index (κ2) is 13.9. The Hall–Kier alpha value is -7.80. The van der Waals surface area contributed by atoms with E-state index < -0.39 is 0 Å². The Bertz CT molecular complexity index is 3610. The lowest BCUT2D eigenvalue weighted by atomic mass is 9.93. The first kappa shape index (κ1) is 34.3. The van der Waals surface area contributed by atoms with Crippen molar-refractivity contribution in [3.8, 4) is 67.9 Å². The van der Waals surface area contributed by atoms with Crippen LogP contribution in [0.25, 0.3) is 121 Å². The number of oxazole rings is 1. The molecule has 0 amide bonds. The van der Waals surface area contributed by atoms with Crippen LogP contribution in [0.5, 0.6) is 0 Å². The van der Waals surface area contributed by atoms with Gasteiger partial charge in [-0.3, -0.25) is 0 Å². The second-order valence-corrected chi connectivity index (χ2v) is 16.1. The third-order valence-electron chi connectivity index (χ3n) is 11.3. The van der Waals surface area contributed by atoms with Crippen molar-refractivity contribution in [2.45, 2.75) is 0 Å². The summed E-state index contributed by atoms with van der Waals surface area (Å²) in [6.45, 7) is 0. The van der Waals surface area contributed by atoms with Crippen molar-refractivity contribution in [3.05, 3.63) is 194 Å². The molecule has 0 bridgehead atoms. The van der Waals surface area contributed by atoms with Gasteiger partial charge in [-0.1, -0.05) is 152 Å². The van der Waals surface area contributed by atoms with E-state index in [0.717, 1.165) is 81.9 Å². The number of hydrogen-bond donors (Lipinski definition) is 0. The molecule has 0 spiro atoms. The van der Waals surface area contributed by atoms with Gasteiger partial charge >= 0.3 is 0 Å². The molecule has 5 nitrogen and oxygen atoms in total. The molecule has 6 heteroatoms. The van der Waals surface area contributed by atoms with Gasteiger partial charge in [0.25, 0.3) is 0 Å². The van der Waals surface area contributed by atoms with Gasteiger partial charge in [0, 0.05) is 48.0 Å². The molecule has 9 aromatic carbocycles. The summed E-state index contributed by atoms with van der Waals surface area (Å²) in [5.74, 6) is 2.40. The normalized spacial score (nSPS) is 11.7. The first-order valence-corrected chi connectivity index (χ1v) is 20.8. The molecule has 0 atom stereocenters. The summed E-state index contributed by atoms with van der Waals surface area (Å²) in [4.78, 5) is 20.9. The predicted octanol–water partition coefficient (Wildman–Crippen LogP) is 14.7. The first-order valence-electron chi connectivity index (χ1n) is 20.0. The van der Waals surface area contributed by atoms with Gasteiger partial charge in [-0.15, -0.1) is 11.3 Å². The van der Waals surface area contributed by atoms with E-state index in [1.165, 1.54) is 15.5 Å². The molecular formula is C54H32N4OS. The SMILES string of the molecule is c1ccc(-c2cccc(-c3nc(-c4ccccc4)nc(-c4cc(-c5c6nc(-c7ccc8ccccc8c7)oc6cc6c5sc5ccccc56)c5ccccc5c4)n3)c2)cc1. The fraction of sp³-hybridized carbons (Fsp3) is 0. The first-order chi connectivity index (χ1) is 29.7. The third kappa shape index (κ3) is 5.84. The van der Waals surface area contributed by atoms with Gasteiger partial charge in [-0.2, -0.15) is 0 Å². The molecule has 3 heterocycles. The average Bonchev–Trinajstić information content (AvgIpc) is 3.92. The number of nitrogens with zero attached hydrogens (tertiary/aromatic N) is 4. The fourth-order valence-corrected chi connectivity index (χ4v) is 9.65. The van der Waals surface area contributed by atoms with Crippen molar-refractivity contribution in [2.24, 2.45) is 0 Å². The molecule has 0 N–H and O–H groups in total. The van der Waals surface area contributed by atoms with Crippen molar-refractivity contribution in [1.82, 2.24) is 19.9 Å². The highest BCUT2D eigenvalue weighted by Gasteiger charge is 2.23. The fourth-order valence-electron chi connectivity index (χ4n) is 8.40. The Balaban J connectivity index is 1.11. The van der Waals surface area contributed by atoms with E-state index in [0.29, 0.717) is 23.4 Å². The third-order valence-corrected chi connectivity index (χ3v) is 12.5. The summed E-state index contributed by atoms with van der Waals surface area (Å²) in [7, 11) is 0. The number of thiophene rings is 1. The van der Waals surface area contributed by atoms with Crippen LogP contribution in [-0.2, 0) is 0 Å². The largest absolute Gasteiger partial charge is 0.436 e. The summed E-state index contributed by atoms with van der Waals surface area (Å²) in [6.07, 6.45) is 0. The molecule has 60 heavy (non-hydrogen) atoms. The molecule has 0 aliphatic rings. The molecule has 12 aromatic rings. The second-order valence-electron chi connectivity index (χ2n) is 15.0. The van der Waals surface area contributed by atoms with E-state index in [1.807, 2.05) is 36.4 Å². The molecule has 0 aliphatic heterocycles. The van der Waals surface area contributed by atoms with Gasteiger partial charge in [0.15, 0.2) is 23.1 Å². The standard InChI is InChI=1S/C54H32N4OS/c1-3-14-33(15-4-1)37-21-13-22-39(28-37)52-56-51(35-17-5-2-6-18-35)57-53(58-52)41-30-38-20-9-10-23-42(38)44(31-41)48-49-46(32-45-43-24-11-12-25-47(43)60-50(45)48)59-54(55-49)40-27-26-34-16-7-8-19-36(34)29-40/h1-32H. The summed E-state index contributed by atoms with van der Waals surface area (Å²) in [5, 5.41) is 6.83. The van der Waals surface area contributed by atoms with E-state index in [1.54, 1.807) is 11.3 Å². The average molecular weight is 785 g/mol. The van der Waals surface area contributed by atoms with Crippen molar-refractivity contribution in [3.63, 3.8) is 0 Å². The molecule has 280 valence electrons. The van der Waals surface area contributed by atoms with Crippen LogP contribution in [0, 0.1) is 0 Å². The van der Waals surface area contributed by atoms with Crippen molar-refractivity contribution < 1.29 is 4.42 Å². The van der Waals surface area contributed by atoms with Gasteiger partial charge in [-0.25, -0.2) is 19.9 Å². The summed E-state index contributed by atoms with van der Waals surface area (Å²) in [6, 6.07) is 67.5.